The summed E-state index contributed by atoms with van der Waals surface area (Å²) < 4.78 is 0. The van der Waals surface area contributed by atoms with E-state index in [4.69, 9.17) is 0 Å². The predicted molar refractivity (Wildman–Crippen MR) is 59.0 cm³/mol. The molecule has 0 aromatic heterocycles. The van der Waals surface area contributed by atoms with Crippen LogP contribution in [0.2, 0.25) is 0 Å². The second-order valence-corrected chi connectivity index (χ2v) is 4.45. The summed E-state index contributed by atoms with van der Waals surface area (Å²) in [4.78, 5) is 11.4. The van der Waals surface area contributed by atoms with Crippen molar-refractivity contribution in [1.82, 2.24) is 5.32 Å². The van der Waals surface area contributed by atoms with E-state index in [1.807, 2.05) is 0 Å². The summed E-state index contributed by atoms with van der Waals surface area (Å²) in [5.41, 5.74) is -0.423. The summed E-state index contributed by atoms with van der Waals surface area (Å²) >= 11 is 0. The SMILES string of the molecule is CC#CC(=O)NC1(CO)CCC(C)CC1. The van der Waals surface area contributed by atoms with Gasteiger partial charge in [0, 0.05) is 0 Å². The molecular formula is C12H19NO2. The molecule has 0 saturated heterocycles. The third-order valence-electron chi connectivity index (χ3n) is 3.15. The molecule has 1 aliphatic rings. The number of aliphatic hydroxyl groups excluding tert-OH is 1. The average Bonchev–Trinajstić information content (AvgIpc) is 2.22. The van der Waals surface area contributed by atoms with E-state index < -0.39 is 5.54 Å². The molecule has 84 valence electrons. The van der Waals surface area contributed by atoms with Crippen LogP contribution < -0.4 is 5.32 Å². The van der Waals surface area contributed by atoms with E-state index in [1.54, 1.807) is 6.92 Å². The molecule has 1 saturated carbocycles. The highest BCUT2D eigenvalue weighted by molar-refractivity contribution is 5.93. The van der Waals surface area contributed by atoms with E-state index in [0.29, 0.717) is 5.92 Å². The van der Waals surface area contributed by atoms with Gasteiger partial charge in [0.15, 0.2) is 0 Å². The lowest BCUT2D eigenvalue weighted by Crippen LogP contribution is -2.53. The third kappa shape index (κ3) is 3.24. The summed E-state index contributed by atoms with van der Waals surface area (Å²) in [5, 5.41) is 12.2. The van der Waals surface area contributed by atoms with Gasteiger partial charge in [-0.2, -0.15) is 0 Å². The summed E-state index contributed by atoms with van der Waals surface area (Å²) in [7, 11) is 0. The van der Waals surface area contributed by atoms with Crippen LogP contribution in [0.15, 0.2) is 0 Å². The molecule has 0 atom stereocenters. The molecule has 1 aliphatic carbocycles. The fraction of sp³-hybridized carbons (Fsp3) is 0.750. The minimum atomic E-state index is -0.423. The van der Waals surface area contributed by atoms with Crippen LogP contribution in [0.4, 0.5) is 0 Å². The van der Waals surface area contributed by atoms with Gasteiger partial charge in [-0.25, -0.2) is 0 Å². The molecule has 1 amide bonds. The molecule has 0 radical (unpaired) electrons. The smallest absolute Gasteiger partial charge is 0.296 e. The zero-order chi connectivity index (χ0) is 11.3. The van der Waals surface area contributed by atoms with E-state index in [9.17, 15) is 9.90 Å². The van der Waals surface area contributed by atoms with Crippen LogP contribution in [0.3, 0.4) is 0 Å². The van der Waals surface area contributed by atoms with Gasteiger partial charge < -0.3 is 10.4 Å². The lowest BCUT2D eigenvalue weighted by molar-refractivity contribution is -0.118. The van der Waals surface area contributed by atoms with Crippen LogP contribution in [0.25, 0.3) is 0 Å². The summed E-state index contributed by atoms with van der Waals surface area (Å²) in [5.74, 6) is 5.43. The van der Waals surface area contributed by atoms with E-state index in [0.717, 1.165) is 25.7 Å². The Balaban J connectivity index is 2.60. The first-order chi connectivity index (χ1) is 7.12. The van der Waals surface area contributed by atoms with Gasteiger partial charge >= 0.3 is 0 Å². The van der Waals surface area contributed by atoms with Gasteiger partial charge in [0.2, 0.25) is 0 Å². The molecule has 0 bridgehead atoms. The number of hydrogen-bond acceptors (Lipinski definition) is 2. The maximum absolute atomic E-state index is 11.4. The van der Waals surface area contributed by atoms with Crippen molar-refractivity contribution in [1.29, 1.82) is 0 Å². The molecular weight excluding hydrogens is 190 g/mol. The van der Waals surface area contributed by atoms with Crippen LogP contribution in [0, 0.1) is 17.8 Å². The molecule has 2 N–H and O–H groups in total. The van der Waals surface area contributed by atoms with E-state index >= 15 is 0 Å². The van der Waals surface area contributed by atoms with Gasteiger partial charge in [-0.1, -0.05) is 12.8 Å². The third-order valence-corrected chi connectivity index (χ3v) is 3.15. The van der Waals surface area contributed by atoms with Crippen LogP contribution in [-0.2, 0) is 4.79 Å². The molecule has 0 aliphatic heterocycles. The van der Waals surface area contributed by atoms with E-state index in [-0.39, 0.29) is 12.5 Å². The number of hydrogen-bond donors (Lipinski definition) is 2. The molecule has 0 aromatic carbocycles. The molecule has 15 heavy (non-hydrogen) atoms. The molecule has 0 spiro atoms. The first-order valence-corrected chi connectivity index (χ1v) is 5.47. The Kier molecular flexibility index (Phi) is 4.16. The maximum Gasteiger partial charge on any atom is 0.296 e. The Morgan fingerprint density at radius 1 is 1.53 bits per heavy atom. The van der Waals surface area contributed by atoms with Gasteiger partial charge in [0.25, 0.3) is 5.91 Å². The van der Waals surface area contributed by atoms with Crippen LogP contribution in [0.5, 0.6) is 0 Å². The zero-order valence-corrected chi connectivity index (χ0v) is 9.47. The highest BCUT2D eigenvalue weighted by atomic mass is 16.3. The predicted octanol–water partition coefficient (Wildman–Crippen LogP) is 1.07. The van der Waals surface area contributed by atoms with Crippen molar-refractivity contribution in [3.63, 3.8) is 0 Å². The Labute approximate surface area is 91.3 Å². The summed E-state index contributed by atoms with van der Waals surface area (Å²) in [6.07, 6.45) is 3.81. The second kappa shape index (κ2) is 5.18. The first-order valence-electron chi connectivity index (χ1n) is 5.47. The summed E-state index contributed by atoms with van der Waals surface area (Å²) in [6, 6.07) is 0. The average molecular weight is 209 g/mol. The van der Waals surface area contributed by atoms with Crippen molar-refractivity contribution in [2.24, 2.45) is 5.92 Å². The van der Waals surface area contributed by atoms with Crippen molar-refractivity contribution >= 4 is 5.91 Å². The fourth-order valence-corrected chi connectivity index (χ4v) is 2.02. The number of rotatable bonds is 2. The lowest BCUT2D eigenvalue weighted by Gasteiger charge is -2.38. The van der Waals surface area contributed by atoms with Crippen LogP contribution in [0.1, 0.15) is 39.5 Å². The second-order valence-electron chi connectivity index (χ2n) is 4.45. The fourth-order valence-electron chi connectivity index (χ4n) is 2.02. The van der Waals surface area contributed by atoms with Gasteiger partial charge in [0.1, 0.15) is 0 Å². The molecule has 1 rings (SSSR count). The Bertz CT molecular complexity index is 280. The molecule has 3 heteroatoms. The van der Waals surface area contributed by atoms with Gasteiger partial charge in [-0.05, 0) is 44.4 Å². The quantitative estimate of drug-likeness (QED) is 0.668. The Morgan fingerprint density at radius 3 is 2.60 bits per heavy atom. The zero-order valence-electron chi connectivity index (χ0n) is 9.47. The number of carbonyl (C=O) groups is 1. The topological polar surface area (TPSA) is 49.3 Å². The van der Waals surface area contributed by atoms with E-state index in [2.05, 4.69) is 24.1 Å². The van der Waals surface area contributed by atoms with Crippen molar-refractivity contribution in [3.8, 4) is 11.8 Å². The molecule has 3 nitrogen and oxygen atoms in total. The number of carbonyl (C=O) groups excluding carboxylic acids is 1. The highest BCUT2D eigenvalue weighted by Gasteiger charge is 2.34. The number of aliphatic hydroxyl groups is 1. The number of amides is 1. The lowest BCUT2D eigenvalue weighted by atomic mass is 9.77. The maximum atomic E-state index is 11.4. The van der Waals surface area contributed by atoms with Gasteiger partial charge in [0.05, 0.1) is 12.1 Å². The van der Waals surface area contributed by atoms with Crippen molar-refractivity contribution in [3.05, 3.63) is 0 Å². The van der Waals surface area contributed by atoms with Crippen molar-refractivity contribution in [2.45, 2.75) is 45.1 Å². The molecule has 0 aromatic rings. The van der Waals surface area contributed by atoms with Crippen molar-refractivity contribution < 1.29 is 9.90 Å². The molecule has 1 fully saturated rings. The Hall–Kier alpha value is -1.01. The van der Waals surface area contributed by atoms with Crippen molar-refractivity contribution in [2.75, 3.05) is 6.61 Å². The highest BCUT2D eigenvalue weighted by Crippen LogP contribution is 2.31. The van der Waals surface area contributed by atoms with Crippen LogP contribution in [-0.4, -0.2) is 23.2 Å². The number of nitrogens with one attached hydrogen (secondary N) is 1. The standard InChI is InChI=1S/C12H19NO2/c1-3-4-11(15)13-12(9-14)7-5-10(2)6-8-12/h10,14H,5-9H2,1-2H3,(H,13,15). The first kappa shape index (κ1) is 12.1. The minimum Gasteiger partial charge on any atom is -0.394 e. The van der Waals surface area contributed by atoms with E-state index in [1.165, 1.54) is 0 Å². The summed E-state index contributed by atoms with van der Waals surface area (Å²) in [6.45, 7) is 3.85. The molecule has 0 heterocycles. The molecule has 0 unspecified atom stereocenters. The largest absolute Gasteiger partial charge is 0.394 e. The normalized spacial score (nSPS) is 30.2. The van der Waals surface area contributed by atoms with Crippen LogP contribution >= 0.6 is 0 Å². The van der Waals surface area contributed by atoms with Gasteiger partial charge in [-0.15, -0.1) is 0 Å². The minimum absolute atomic E-state index is 0.0108. The van der Waals surface area contributed by atoms with Gasteiger partial charge in [-0.3, -0.25) is 4.79 Å². The monoisotopic (exact) mass is 209 g/mol. The Morgan fingerprint density at radius 2 is 2.13 bits per heavy atom.